The van der Waals surface area contributed by atoms with Crippen molar-refractivity contribution in [2.24, 2.45) is 0 Å². The second-order valence-electron chi connectivity index (χ2n) is 4.54. The van der Waals surface area contributed by atoms with Crippen LogP contribution in [0.25, 0.3) is 0 Å². The maximum atomic E-state index is 11.0. The third-order valence-electron chi connectivity index (χ3n) is 3.16. The van der Waals surface area contributed by atoms with E-state index in [2.05, 4.69) is 4.98 Å². The predicted molar refractivity (Wildman–Crippen MR) is 76.9 cm³/mol. The lowest BCUT2D eigenvalue weighted by Gasteiger charge is -2.14. The summed E-state index contributed by atoms with van der Waals surface area (Å²) in [6, 6.07) is 5.28. The van der Waals surface area contributed by atoms with E-state index in [1.54, 1.807) is 0 Å². The van der Waals surface area contributed by atoms with Crippen LogP contribution in [0.5, 0.6) is 11.6 Å². The molecule has 0 atom stereocenters. The van der Waals surface area contributed by atoms with E-state index < -0.39 is 5.97 Å². The highest BCUT2D eigenvalue weighted by Gasteiger charge is 2.16. The Morgan fingerprint density at radius 1 is 1.20 bits per heavy atom. The number of hydrogen-bond acceptors (Lipinski definition) is 3. The standard InChI is InChI=1S/C15H14ClNO3/c1-8-4-5-9(2)13(10(8)3)20-14-12(16)11(15(18)19)6-7-17-14/h4-7H,1-3H3,(H,18,19). The summed E-state index contributed by atoms with van der Waals surface area (Å²) >= 11 is 6.03. The summed E-state index contributed by atoms with van der Waals surface area (Å²) in [6.45, 7) is 5.83. The molecule has 0 saturated heterocycles. The minimum Gasteiger partial charge on any atom is -0.478 e. The fraction of sp³-hybridized carbons (Fsp3) is 0.200. The number of hydrogen-bond donors (Lipinski definition) is 1. The molecule has 4 nitrogen and oxygen atoms in total. The number of aromatic nitrogens is 1. The predicted octanol–water partition coefficient (Wildman–Crippen LogP) is 4.15. The number of carboxylic acids is 1. The van der Waals surface area contributed by atoms with Crippen LogP contribution in [0, 0.1) is 20.8 Å². The van der Waals surface area contributed by atoms with Crippen LogP contribution in [0.1, 0.15) is 27.0 Å². The number of rotatable bonds is 3. The molecule has 0 radical (unpaired) electrons. The quantitative estimate of drug-likeness (QED) is 0.923. The summed E-state index contributed by atoms with van der Waals surface area (Å²) in [5, 5.41) is 9.04. The van der Waals surface area contributed by atoms with Crippen LogP contribution < -0.4 is 4.74 Å². The van der Waals surface area contributed by atoms with Gasteiger partial charge >= 0.3 is 5.97 Å². The van der Waals surface area contributed by atoms with Crippen molar-refractivity contribution < 1.29 is 14.6 Å². The SMILES string of the molecule is Cc1ccc(C)c(Oc2nccc(C(=O)O)c2Cl)c1C. The molecule has 0 bridgehead atoms. The van der Waals surface area contributed by atoms with Crippen molar-refractivity contribution in [3.8, 4) is 11.6 Å². The Morgan fingerprint density at radius 2 is 1.85 bits per heavy atom. The van der Waals surface area contributed by atoms with Gasteiger partial charge in [-0.15, -0.1) is 0 Å². The van der Waals surface area contributed by atoms with Gasteiger partial charge in [0.25, 0.3) is 0 Å². The van der Waals surface area contributed by atoms with E-state index in [0.717, 1.165) is 16.7 Å². The zero-order valence-corrected chi connectivity index (χ0v) is 12.2. The number of carboxylic acid groups (broad SMARTS) is 1. The molecule has 1 N–H and O–H groups in total. The summed E-state index contributed by atoms with van der Waals surface area (Å²) in [6.07, 6.45) is 1.37. The van der Waals surface area contributed by atoms with Gasteiger partial charge < -0.3 is 9.84 Å². The van der Waals surface area contributed by atoms with Crippen LogP contribution in [0.2, 0.25) is 5.02 Å². The van der Waals surface area contributed by atoms with E-state index in [4.69, 9.17) is 21.4 Å². The Hall–Kier alpha value is -2.07. The normalized spacial score (nSPS) is 10.4. The second-order valence-corrected chi connectivity index (χ2v) is 4.92. The minimum atomic E-state index is -1.11. The van der Waals surface area contributed by atoms with Crippen molar-refractivity contribution in [1.29, 1.82) is 0 Å². The Bertz CT molecular complexity index is 683. The highest BCUT2D eigenvalue weighted by atomic mass is 35.5. The van der Waals surface area contributed by atoms with Crippen molar-refractivity contribution >= 4 is 17.6 Å². The minimum absolute atomic E-state index is 0.000283. The fourth-order valence-corrected chi connectivity index (χ4v) is 2.07. The van der Waals surface area contributed by atoms with Crippen LogP contribution in [0.3, 0.4) is 0 Å². The summed E-state index contributed by atoms with van der Waals surface area (Å²) in [7, 11) is 0. The zero-order valence-electron chi connectivity index (χ0n) is 11.4. The van der Waals surface area contributed by atoms with Gasteiger partial charge in [-0.25, -0.2) is 9.78 Å². The Morgan fingerprint density at radius 3 is 2.50 bits per heavy atom. The van der Waals surface area contributed by atoms with Gasteiger partial charge in [0.15, 0.2) is 0 Å². The van der Waals surface area contributed by atoms with E-state index >= 15 is 0 Å². The van der Waals surface area contributed by atoms with Crippen molar-refractivity contribution in [3.05, 3.63) is 51.7 Å². The molecule has 0 spiro atoms. The molecule has 5 heteroatoms. The molecule has 2 aromatic rings. The van der Waals surface area contributed by atoms with Crippen LogP contribution in [-0.4, -0.2) is 16.1 Å². The van der Waals surface area contributed by atoms with Crippen LogP contribution in [-0.2, 0) is 0 Å². The number of pyridine rings is 1. The van der Waals surface area contributed by atoms with E-state index in [-0.39, 0.29) is 16.5 Å². The molecule has 0 aliphatic rings. The van der Waals surface area contributed by atoms with E-state index in [9.17, 15) is 4.79 Å². The smallest absolute Gasteiger partial charge is 0.337 e. The molecular formula is C15H14ClNO3. The molecule has 1 aromatic carbocycles. The molecular weight excluding hydrogens is 278 g/mol. The number of benzene rings is 1. The summed E-state index contributed by atoms with van der Waals surface area (Å²) in [5.74, 6) is -0.356. The number of ether oxygens (including phenoxy) is 1. The molecule has 2 rings (SSSR count). The topological polar surface area (TPSA) is 59.4 Å². The molecule has 0 aliphatic carbocycles. The van der Waals surface area contributed by atoms with E-state index in [1.807, 2.05) is 32.9 Å². The van der Waals surface area contributed by atoms with Gasteiger partial charge in [-0.2, -0.15) is 0 Å². The molecule has 0 amide bonds. The molecule has 0 unspecified atom stereocenters. The maximum absolute atomic E-state index is 11.0. The lowest BCUT2D eigenvalue weighted by Crippen LogP contribution is -2.01. The van der Waals surface area contributed by atoms with Gasteiger partial charge in [0.05, 0.1) is 5.56 Å². The Kier molecular flexibility index (Phi) is 3.95. The average Bonchev–Trinajstić information content (AvgIpc) is 2.40. The van der Waals surface area contributed by atoms with Crippen molar-refractivity contribution in [1.82, 2.24) is 4.98 Å². The van der Waals surface area contributed by atoms with Gasteiger partial charge in [-0.05, 0) is 43.5 Å². The number of aryl methyl sites for hydroxylation is 2. The van der Waals surface area contributed by atoms with Gasteiger partial charge in [-0.3, -0.25) is 0 Å². The third-order valence-corrected chi connectivity index (χ3v) is 3.53. The maximum Gasteiger partial charge on any atom is 0.337 e. The van der Waals surface area contributed by atoms with Gasteiger partial charge in [0.1, 0.15) is 10.8 Å². The molecule has 1 heterocycles. The average molecular weight is 292 g/mol. The largest absolute Gasteiger partial charge is 0.478 e. The number of halogens is 1. The van der Waals surface area contributed by atoms with Crippen molar-refractivity contribution in [3.63, 3.8) is 0 Å². The Labute approximate surface area is 122 Å². The summed E-state index contributed by atoms with van der Waals surface area (Å²) in [5.41, 5.74) is 2.96. The molecule has 104 valence electrons. The molecule has 0 fully saturated rings. The van der Waals surface area contributed by atoms with E-state index in [0.29, 0.717) is 5.75 Å². The molecule has 20 heavy (non-hydrogen) atoms. The monoisotopic (exact) mass is 291 g/mol. The molecule has 0 aliphatic heterocycles. The number of aromatic carboxylic acids is 1. The number of carbonyl (C=O) groups is 1. The van der Waals surface area contributed by atoms with Gasteiger partial charge in [0, 0.05) is 6.20 Å². The first-order chi connectivity index (χ1) is 9.41. The first kappa shape index (κ1) is 14.3. The van der Waals surface area contributed by atoms with E-state index in [1.165, 1.54) is 12.3 Å². The van der Waals surface area contributed by atoms with Gasteiger partial charge in [0.2, 0.25) is 5.88 Å². The summed E-state index contributed by atoms with van der Waals surface area (Å²) in [4.78, 5) is 15.1. The van der Waals surface area contributed by atoms with Crippen LogP contribution in [0.4, 0.5) is 0 Å². The summed E-state index contributed by atoms with van der Waals surface area (Å²) < 4.78 is 5.74. The molecule has 0 saturated carbocycles. The van der Waals surface area contributed by atoms with Crippen LogP contribution in [0.15, 0.2) is 24.4 Å². The second kappa shape index (κ2) is 5.51. The highest BCUT2D eigenvalue weighted by molar-refractivity contribution is 6.34. The van der Waals surface area contributed by atoms with Gasteiger partial charge in [-0.1, -0.05) is 23.7 Å². The Balaban J connectivity index is 2.49. The van der Waals surface area contributed by atoms with Crippen molar-refractivity contribution in [2.45, 2.75) is 20.8 Å². The molecule has 1 aromatic heterocycles. The van der Waals surface area contributed by atoms with Crippen molar-refractivity contribution in [2.75, 3.05) is 0 Å². The fourth-order valence-electron chi connectivity index (χ4n) is 1.84. The highest BCUT2D eigenvalue weighted by Crippen LogP contribution is 2.34. The third kappa shape index (κ3) is 2.60. The van der Waals surface area contributed by atoms with Crippen LogP contribution >= 0.6 is 11.6 Å². The number of nitrogens with zero attached hydrogens (tertiary/aromatic N) is 1. The first-order valence-electron chi connectivity index (χ1n) is 6.04. The first-order valence-corrected chi connectivity index (χ1v) is 6.42. The zero-order chi connectivity index (χ0) is 14.9. The lowest BCUT2D eigenvalue weighted by atomic mass is 10.1. The lowest BCUT2D eigenvalue weighted by molar-refractivity contribution is 0.0696.